The first-order valence-electron chi connectivity index (χ1n) is 22.1. The van der Waals surface area contributed by atoms with Crippen molar-refractivity contribution in [1.29, 1.82) is 0 Å². The van der Waals surface area contributed by atoms with Gasteiger partial charge in [-0.15, -0.1) is 6.58 Å². The van der Waals surface area contributed by atoms with E-state index in [1.165, 1.54) is 33.1 Å². The van der Waals surface area contributed by atoms with Gasteiger partial charge in [0, 0.05) is 45.6 Å². The maximum absolute atomic E-state index is 16.3. The van der Waals surface area contributed by atoms with Gasteiger partial charge in [0.05, 0.1) is 25.5 Å². The Morgan fingerprint density at radius 2 is 1.56 bits per heavy atom. The normalized spacial score (nSPS) is 20.1. The fourth-order valence-corrected chi connectivity index (χ4v) is 13.0. The summed E-state index contributed by atoms with van der Waals surface area (Å²) in [6, 6.07) is 49.7. The Labute approximate surface area is 363 Å². The van der Waals surface area contributed by atoms with Crippen LogP contribution in [0.15, 0.2) is 163 Å². The van der Waals surface area contributed by atoms with Gasteiger partial charge in [-0.3, -0.25) is 0 Å². The molecule has 6 heteroatoms. The van der Waals surface area contributed by atoms with Gasteiger partial charge in [-0.05, 0) is 46.4 Å². The van der Waals surface area contributed by atoms with Crippen molar-refractivity contribution in [3.05, 3.63) is 181 Å². The van der Waals surface area contributed by atoms with Crippen LogP contribution in [0.3, 0.4) is 0 Å². The molecule has 6 aromatic carbocycles. The Hall–Kier alpha value is -6.37. The standard InChI is InChI=1S/C56H50FN3OSi/c1-8-43-52-50(41-21-13-12-19-39(41)45-30-27-37(33-58(45)52)62(5,6)7)56(43)32-35-25-28-42-40-20-14-15-24-48(40)61-53(42)49(35)54-59(47-31-36(57)26-29-46(47)60(54)56)51-38(34-17-10-9-11-18-34)22-16-23-44(51)55(2,3)4/h8-31,33,43,50,52H,1,32H2,2-7H3/q+2. The zero-order chi connectivity index (χ0) is 42.4. The van der Waals surface area contributed by atoms with Crippen LogP contribution in [0.25, 0.3) is 72.4 Å². The summed E-state index contributed by atoms with van der Waals surface area (Å²) >= 11 is 0. The number of halogens is 1. The molecule has 1 spiro atoms. The third kappa shape index (κ3) is 4.93. The number of aromatic nitrogens is 3. The van der Waals surface area contributed by atoms with Crippen LogP contribution in [0.4, 0.5) is 4.39 Å². The highest BCUT2D eigenvalue weighted by molar-refractivity contribution is 6.88. The smallest absolute Gasteiger partial charge is 0.299 e. The van der Waals surface area contributed by atoms with Crippen molar-refractivity contribution in [3.63, 3.8) is 0 Å². The van der Waals surface area contributed by atoms with Crippen molar-refractivity contribution < 1.29 is 17.9 Å². The van der Waals surface area contributed by atoms with Crippen molar-refractivity contribution >= 4 is 46.2 Å². The molecule has 0 saturated heterocycles. The zero-order valence-electron chi connectivity index (χ0n) is 36.2. The molecule has 4 atom stereocenters. The molecule has 3 aliphatic rings. The Morgan fingerprint density at radius 1 is 0.806 bits per heavy atom. The molecule has 0 bridgehead atoms. The van der Waals surface area contributed by atoms with Gasteiger partial charge in [0.25, 0.3) is 5.82 Å². The average molecular weight is 828 g/mol. The molecule has 3 aromatic heterocycles. The highest BCUT2D eigenvalue weighted by Crippen LogP contribution is 2.65. The van der Waals surface area contributed by atoms with E-state index in [9.17, 15) is 0 Å². The molecule has 1 saturated carbocycles. The summed E-state index contributed by atoms with van der Waals surface area (Å²) in [4.78, 5) is 0. The summed E-state index contributed by atoms with van der Waals surface area (Å²) in [5.74, 6) is 0.855. The van der Waals surface area contributed by atoms with Crippen LogP contribution < -0.4 is 14.3 Å². The van der Waals surface area contributed by atoms with Gasteiger partial charge in [0.1, 0.15) is 28.2 Å². The molecule has 1 fully saturated rings. The van der Waals surface area contributed by atoms with Gasteiger partial charge in [-0.25, -0.2) is 8.96 Å². The lowest BCUT2D eigenvalue weighted by Gasteiger charge is -2.58. The Balaban J connectivity index is 1.27. The predicted octanol–water partition coefficient (Wildman–Crippen LogP) is 12.5. The fourth-order valence-electron chi connectivity index (χ4n) is 11.9. The second kappa shape index (κ2) is 12.8. The average Bonchev–Trinajstić information content (AvgIpc) is 3.81. The van der Waals surface area contributed by atoms with Crippen molar-refractivity contribution in [1.82, 2.24) is 4.57 Å². The molecule has 4 unspecified atom stereocenters. The quantitative estimate of drug-likeness (QED) is 0.0986. The number of allylic oxidation sites excluding steroid dienone is 1. The van der Waals surface area contributed by atoms with Crippen molar-refractivity contribution in [2.24, 2.45) is 5.92 Å². The number of hydrogen-bond donors (Lipinski definition) is 0. The number of hydrogen-bond acceptors (Lipinski definition) is 1. The van der Waals surface area contributed by atoms with Crippen LogP contribution in [0.1, 0.15) is 49.4 Å². The third-order valence-electron chi connectivity index (χ3n) is 14.6. The first kappa shape index (κ1) is 37.4. The molecule has 0 N–H and O–H groups in total. The third-order valence-corrected chi connectivity index (χ3v) is 16.6. The van der Waals surface area contributed by atoms with E-state index in [0.717, 1.165) is 67.6 Å². The molecule has 2 aliphatic heterocycles. The Morgan fingerprint density at radius 3 is 2.35 bits per heavy atom. The Bertz CT molecular complexity index is 3360. The summed E-state index contributed by atoms with van der Waals surface area (Å²) in [6.45, 7) is 18.8. The van der Waals surface area contributed by atoms with Gasteiger partial charge in [0.2, 0.25) is 5.69 Å². The summed E-state index contributed by atoms with van der Waals surface area (Å²) in [6.07, 6.45) is 5.47. The SMILES string of the molecule is C=CC1C2C(c3ccccc3-c3ccc([Si](C)(C)C)c[n+]32)C12Cc1ccc3c(oc4ccccc43)c1-c1n(-c3c(-c4ccccc4)cccc3C(C)(C)C)c3cc(F)ccc3[n+]12. The molecule has 5 heterocycles. The minimum atomic E-state index is -1.67. The van der Waals surface area contributed by atoms with Gasteiger partial charge >= 0.3 is 0 Å². The number of furan rings is 1. The molecule has 4 nitrogen and oxygen atoms in total. The van der Waals surface area contributed by atoms with Crippen molar-refractivity contribution in [2.75, 3.05) is 0 Å². The minimum absolute atomic E-state index is 0.0281. The molecular weight excluding hydrogens is 778 g/mol. The maximum atomic E-state index is 16.3. The number of para-hydroxylation sites is 2. The molecule has 0 amide bonds. The first-order valence-corrected chi connectivity index (χ1v) is 25.6. The Kier molecular flexibility index (Phi) is 7.74. The molecule has 62 heavy (non-hydrogen) atoms. The monoisotopic (exact) mass is 827 g/mol. The van der Waals surface area contributed by atoms with Crippen LogP contribution in [-0.2, 0) is 17.4 Å². The molecule has 1 aliphatic carbocycles. The molecular formula is C56H50FN3OSi+2. The summed E-state index contributed by atoms with van der Waals surface area (Å²) in [5.41, 5.74) is 13.4. The molecule has 304 valence electrons. The summed E-state index contributed by atoms with van der Waals surface area (Å²) < 4.78 is 31.0. The summed E-state index contributed by atoms with van der Waals surface area (Å²) in [7, 11) is -1.67. The van der Waals surface area contributed by atoms with E-state index in [1.54, 1.807) is 12.1 Å². The van der Waals surface area contributed by atoms with Crippen molar-refractivity contribution in [2.45, 2.75) is 69.7 Å². The van der Waals surface area contributed by atoms with E-state index in [1.807, 2.05) is 12.1 Å². The second-order valence-electron chi connectivity index (χ2n) is 20.0. The first-order chi connectivity index (χ1) is 29.9. The van der Waals surface area contributed by atoms with E-state index in [-0.39, 0.29) is 29.1 Å². The number of nitrogens with zero attached hydrogens (tertiary/aromatic N) is 3. The fraction of sp³-hybridized carbons (Fsp3) is 0.214. The van der Waals surface area contributed by atoms with E-state index in [2.05, 4.69) is 188 Å². The van der Waals surface area contributed by atoms with Gasteiger partial charge in [0.15, 0.2) is 28.9 Å². The molecule has 9 aromatic rings. The van der Waals surface area contributed by atoms with E-state index < -0.39 is 13.6 Å². The topological polar surface area (TPSA) is 25.8 Å². The number of fused-ring (bicyclic) bond motifs is 17. The van der Waals surface area contributed by atoms with Crippen molar-refractivity contribution in [3.8, 4) is 39.5 Å². The summed E-state index contributed by atoms with van der Waals surface area (Å²) in [5, 5.41) is 3.61. The van der Waals surface area contributed by atoms with E-state index in [4.69, 9.17) is 4.42 Å². The molecule has 12 rings (SSSR count). The number of pyridine rings is 1. The minimum Gasteiger partial charge on any atom is -0.455 e. The highest BCUT2D eigenvalue weighted by atomic mass is 28.3. The maximum Gasteiger partial charge on any atom is 0.299 e. The molecule has 0 radical (unpaired) electrons. The van der Waals surface area contributed by atoms with Crippen LogP contribution in [0.2, 0.25) is 19.6 Å². The highest BCUT2D eigenvalue weighted by Gasteiger charge is 2.74. The lowest BCUT2D eigenvalue weighted by molar-refractivity contribution is -0.825. The lowest BCUT2D eigenvalue weighted by Crippen LogP contribution is -2.80. The van der Waals surface area contributed by atoms with E-state index in [0.29, 0.717) is 0 Å². The van der Waals surface area contributed by atoms with Gasteiger partial charge in [-0.2, -0.15) is 9.13 Å². The number of benzene rings is 6. The van der Waals surface area contributed by atoms with Crippen LogP contribution >= 0.6 is 0 Å². The lowest BCUT2D eigenvalue weighted by atomic mass is 9.48. The second-order valence-corrected chi connectivity index (χ2v) is 25.0. The number of rotatable bonds is 4. The van der Waals surface area contributed by atoms with Crippen LogP contribution in [-0.4, -0.2) is 12.6 Å². The van der Waals surface area contributed by atoms with Crippen LogP contribution in [0, 0.1) is 11.7 Å². The largest absolute Gasteiger partial charge is 0.455 e. The number of imidazole rings is 1. The zero-order valence-corrected chi connectivity index (χ0v) is 37.2. The van der Waals surface area contributed by atoms with Gasteiger partial charge in [-0.1, -0.05) is 150 Å². The van der Waals surface area contributed by atoms with Crippen LogP contribution in [0.5, 0.6) is 0 Å². The van der Waals surface area contributed by atoms with Gasteiger partial charge < -0.3 is 4.42 Å². The van der Waals surface area contributed by atoms with E-state index >= 15 is 4.39 Å². The predicted molar refractivity (Wildman–Crippen MR) is 252 cm³/mol.